The summed E-state index contributed by atoms with van der Waals surface area (Å²) >= 11 is 5.82. The SMILES string of the molecule is Cc1cc(Cl)nc(NC(=O)CCC(N)c2ccccc2)n1. The van der Waals surface area contributed by atoms with Crippen molar-refractivity contribution in [3.8, 4) is 0 Å². The van der Waals surface area contributed by atoms with Gasteiger partial charge in [0.2, 0.25) is 11.9 Å². The average Bonchev–Trinajstić information content (AvgIpc) is 2.44. The lowest BCUT2D eigenvalue weighted by Crippen LogP contribution is -2.18. The summed E-state index contributed by atoms with van der Waals surface area (Å²) in [7, 11) is 0. The molecule has 1 unspecified atom stereocenters. The van der Waals surface area contributed by atoms with Gasteiger partial charge in [-0.1, -0.05) is 41.9 Å². The van der Waals surface area contributed by atoms with Crippen molar-refractivity contribution < 1.29 is 4.79 Å². The third kappa shape index (κ3) is 4.81. The molecule has 0 aliphatic heterocycles. The Bertz CT molecular complexity index is 598. The van der Waals surface area contributed by atoms with Gasteiger partial charge in [-0.3, -0.25) is 10.1 Å². The topological polar surface area (TPSA) is 80.9 Å². The molecule has 0 radical (unpaired) electrons. The van der Waals surface area contributed by atoms with E-state index in [1.54, 1.807) is 13.0 Å². The zero-order valence-electron chi connectivity index (χ0n) is 11.7. The van der Waals surface area contributed by atoms with E-state index in [-0.39, 0.29) is 17.9 Å². The summed E-state index contributed by atoms with van der Waals surface area (Å²) in [4.78, 5) is 19.9. The first-order chi connectivity index (χ1) is 10.0. The van der Waals surface area contributed by atoms with Crippen molar-refractivity contribution in [2.75, 3.05) is 5.32 Å². The third-order valence-corrected chi connectivity index (χ3v) is 3.18. The van der Waals surface area contributed by atoms with Crippen LogP contribution >= 0.6 is 11.6 Å². The van der Waals surface area contributed by atoms with Crippen molar-refractivity contribution in [1.82, 2.24) is 9.97 Å². The van der Waals surface area contributed by atoms with E-state index in [4.69, 9.17) is 17.3 Å². The lowest BCUT2D eigenvalue weighted by molar-refractivity contribution is -0.116. The molecule has 21 heavy (non-hydrogen) atoms. The Kier molecular flexibility index (Phi) is 5.25. The average molecular weight is 305 g/mol. The van der Waals surface area contributed by atoms with Gasteiger partial charge in [0, 0.05) is 18.2 Å². The van der Waals surface area contributed by atoms with Crippen molar-refractivity contribution >= 4 is 23.5 Å². The maximum Gasteiger partial charge on any atom is 0.231 e. The normalized spacial score (nSPS) is 12.0. The van der Waals surface area contributed by atoms with Crippen LogP contribution < -0.4 is 11.1 Å². The van der Waals surface area contributed by atoms with Gasteiger partial charge in [-0.05, 0) is 25.0 Å². The summed E-state index contributed by atoms with van der Waals surface area (Å²) in [6, 6.07) is 11.1. The Balaban J connectivity index is 1.87. The van der Waals surface area contributed by atoms with Crippen LogP contribution in [0.25, 0.3) is 0 Å². The number of carbonyl (C=O) groups excluding carboxylic acids is 1. The fourth-order valence-electron chi connectivity index (χ4n) is 1.93. The van der Waals surface area contributed by atoms with E-state index < -0.39 is 0 Å². The van der Waals surface area contributed by atoms with Gasteiger partial charge < -0.3 is 5.73 Å². The van der Waals surface area contributed by atoms with Crippen LogP contribution in [0.4, 0.5) is 5.95 Å². The number of amides is 1. The molecule has 5 nitrogen and oxygen atoms in total. The number of halogens is 1. The van der Waals surface area contributed by atoms with Crippen molar-refractivity contribution in [2.45, 2.75) is 25.8 Å². The van der Waals surface area contributed by atoms with Gasteiger partial charge >= 0.3 is 0 Å². The van der Waals surface area contributed by atoms with Crippen LogP contribution in [-0.2, 0) is 4.79 Å². The number of hydrogen-bond acceptors (Lipinski definition) is 4. The predicted octanol–water partition coefficient (Wildman–Crippen LogP) is 2.86. The van der Waals surface area contributed by atoms with Crippen molar-refractivity contribution in [3.63, 3.8) is 0 Å². The van der Waals surface area contributed by atoms with Gasteiger partial charge in [0.15, 0.2) is 0 Å². The molecule has 0 bridgehead atoms. The molecule has 6 heteroatoms. The van der Waals surface area contributed by atoms with Crippen molar-refractivity contribution in [2.24, 2.45) is 5.73 Å². The largest absolute Gasteiger partial charge is 0.324 e. The fourth-order valence-corrected chi connectivity index (χ4v) is 2.16. The number of aryl methyl sites for hydroxylation is 1. The molecule has 0 saturated carbocycles. The molecule has 0 aliphatic carbocycles. The standard InChI is InChI=1S/C15H17ClN4O/c1-10-9-13(16)19-15(18-10)20-14(21)8-7-12(17)11-5-3-2-4-6-11/h2-6,9,12H,7-8,17H2,1H3,(H,18,19,20,21). The Labute approximate surface area is 128 Å². The van der Waals surface area contributed by atoms with E-state index in [1.165, 1.54) is 0 Å². The van der Waals surface area contributed by atoms with E-state index >= 15 is 0 Å². The van der Waals surface area contributed by atoms with Crippen molar-refractivity contribution in [3.05, 3.63) is 52.8 Å². The number of nitrogens with zero attached hydrogens (tertiary/aromatic N) is 2. The van der Waals surface area contributed by atoms with E-state index in [0.717, 1.165) is 5.56 Å². The first-order valence-corrected chi connectivity index (χ1v) is 7.04. The summed E-state index contributed by atoms with van der Waals surface area (Å²) in [5.41, 5.74) is 7.77. The minimum absolute atomic E-state index is 0.168. The summed E-state index contributed by atoms with van der Waals surface area (Å²) in [6.07, 6.45) is 0.848. The summed E-state index contributed by atoms with van der Waals surface area (Å²) in [6.45, 7) is 1.79. The second kappa shape index (κ2) is 7.15. The van der Waals surface area contributed by atoms with Crippen LogP contribution in [-0.4, -0.2) is 15.9 Å². The van der Waals surface area contributed by atoms with Crippen molar-refractivity contribution in [1.29, 1.82) is 0 Å². The second-order valence-electron chi connectivity index (χ2n) is 4.76. The quantitative estimate of drug-likeness (QED) is 0.832. The molecule has 1 aromatic carbocycles. The maximum absolute atomic E-state index is 11.9. The van der Waals surface area contributed by atoms with Gasteiger partial charge in [0.25, 0.3) is 0 Å². The highest BCUT2D eigenvalue weighted by molar-refractivity contribution is 6.29. The van der Waals surface area contributed by atoms with Crippen LogP contribution in [0.5, 0.6) is 0 Å². The lowest BCUT2D eigenvalue weighted by atomic mass is 10.0. The molecule has 3 N–H and O–H groups in total. The number of anilines is 1. The van der Waals surface area contributed by atoms with Crippen LogP contribution in [0.15, 0.2) is 36.4 Å². The van der Waals surface area contributed by atoms with Gasteiger partial charge in [-0.15, -0.1) is 0 Å². The van der Waals surface area contributed by atoms with Crippen LogP contribution in [0.2, 0.25) is 5.15 Å². The van der Waals surface area contributed by atoms with E-state index in [0.29, 0.717) is 23.7 Å². The molecular formula is C15H17ClN4O. The first kappa shape index (κ1) is 15.4. The zero-order valence-corrected chi connectivity index (χ0v) is 12.5. The fraction of sp³-hybridized carbons (Fsp3) is 0.267. The van der Waals surface area contributed by atoms with Crippen LogP contribution in [0, 0.1) is 6.92 Å². The van der Waals surface area contributed by atoms with Gasteiger partial charge in [-0.25, -0.2) is 9.97 Å². The van der Waals surface area contributed by atoms with Gasteiger partial charge in [0.1, 0.15) is 5.15 Å². The molecule has 0 aliphatic rings. The van der Waals surface area contributed by atoms with E-state index in [9.17, 15) is 4.79 Å². The molecule has 0 saturated heterocycles. The number of hydrogen-bond donors (Lipinski definition) is 2. The Hall–Kier alpha value is -1.98. The Morgan fingerprint density at radius 1 is 1.33 bits per heavy atom. The number of nitrogens with two attached hydrogens (primary N) is 1. The Morgan fingerprint density at radius 2 is 2.05 bits per heavy atom. The molecular weight excluding hydrogens is 288 g/mol. The molecule has 2 aromatic rings. The monoisotopic (exact) mass is 304 g/mol. The molecule has 0 spiro atoms. The maximum atomic E-state index is 11.9. The molecule has 2 rings (SSSR count). The smallest absolute Gasteiger partial charge is 0.231 e. The minimum Gasteiger partial charge on any atom is -0.324 e. The highest BCUT2D eigenvalue weighted by atomic mass is 35.5. The second-order valence-corrected chi connectivity index (χ2v) is 5.15. The summed E-state index contributed by atoms with van der Waals surface area (Å²) < 4.78 is 0. The molecule has 1 atom stereocenters. The summed E-state index contributed by atoms with van der Waals surface area (Å²) in [5.74, 6) is 0.0429. The van der Waals surface area contributed by atoms with Crippen LogP contribution in [0.3, 0.4) is 0 Å². The minimum atomic E-state index is -0.178. The first-order valence-electron chi connectivity index (χ1n) is 6.66. The number of aromatic nitrogens is 2. The number of benzene rings is 1. The lowest BCUT2D eigenvalue weighted by Gasteiger charge is -2.11. The molecule has 110 valence electrons. The highest BCUT2D eigenvalue weighted by Crippen LogP contribution is 2.16. The third-order valence-electron chi connectivity index (χ3n) is 2.98. The van der Waals surface area contributed by atoms with E-state index in [2.05, 4.69) is 15.3 Å². The van der Waals surface area contributed by atoms with Gasteiger partial charge in [0.05, 0.1) is 0 Å². The Morgan fingerprint density at radius 3 is 2.71 bits per heavy atom. The number of rotatable bonds is 5. The summed E-state index contributed by atoms with van der Waals surface area (Å²) in [5, 5.41) is 2.93. The van der Waals surface area contributed by atoms with Crippen LogP contribution in [0.1, 0.15) is 30.1 Å². The molecule has 1 aromatic heterocycles. The molecule has 0 fully saturated rings. The van der Waals surface area contributed by atoms with E-state index in [1.807, 2.05) is 30.3 Å². The number of carbonyl (C=O) groups is 1. The number of nitrogens with one attached hydrogen (secondary N) is 1. The zero-order chi connectivity index (χ0) is 15.2. The molecule has 1 amide bonds. The highest BCUT2D eigenvalue weighted by Gasteiger charge is 2.10. The molecule has 1 heterocycles. The predicted molar refractivity (Wildman–Crippen MR) is 83.0 cm³/mol. The van der Waals surface area contributed by atoms with Gasteiger partial charge in [-0.2, -0.15) is 0 Å².